The van der Waals surface area contributed by atoms with E-state index in [1.165, 1.54) is 19.2 Å². The monoisotopic (exact) mass is 333 g/mol. The van der Waals surface area contributed by atoms with E-state index >= 15 is 0 Å². The molecule has 6 nitrogen and oxygen atoms in total. The van der Waals surface area contributed by atoms with Crippen molar-refractivity contribution in [2.75, 3.05) is 33.8 Å². The highest BCUT2D eigenvalue weighted by Gasteiger charge is 2.34. The summed E-state index contributed by atoms with van der Waals surface area (Å²) < 4.78 is 18.1. The second-order valence-corrected chi connectivity index (χ2v) is 6.07. The van der Waals surface area contributed by atoms with E-state index in [-0.39, 0.29) is 18.1 Å². The number of halogens is 1. The summed E-state index contributed by atoms with van der Waals surface area (Å²) in [6, 6.07) is 3.84. The number of likely N-dealkylation sites (N-methyl/N-ethyl adjacent to an activating group) is 1. The standard InChI is InChI=1S/C17H20FN3O3/c1-20-5-6-21(15(10-20)17(23)24-2)16(22)7-11-9-19-14-8-12(18)3-4-13(11)14/h3-4,8-9,15,19H,5-7,10H2,1-2H3/t15-/m0/s1. The summed E-state index contributed by atoms with van der Waals surface area (Å²) in [4.78, 5) is 31.3. The number of methoxy groups -OCH3 is 1. The van der Waals surface area contributed by atoms with Crippen molar-refractivity contribution in [1.29, 1.82) is 0 Å². The van der Waals surface area contributed by atoms with Crippen molar-refractivity contribution in [2.24, 2.45) is 0 Å². The number of carbonyl (C=O) groups is 2. The number of nitrogens with zero attached hydrogens (tertiary/aromatic N) is 2. The predicted octanol–water partition coefficient (Wildman–Crippen LogP) is 1.17. The van der Waals surface area contributed by atoms with Crippen LogP contribution >= 0.6 is 0 Å². The van der Waals surface area contributed by atoms with Gasteiger partial charge in [0.05, 0.1) is 13.5 Å². The number of esters is 1. The summed E-state index contributed by atoms with van der Waals surface area (Å²) >= 11 is 0. The van der Waals surface area contributed by atoms with Crippen molar-refractivity contribution in [3.8, 4) is 0 Å². The van der Waals surface area contributed by atoms with Crippen LogP contribution in [0.4, 0.5) is 4.39 Å². The topological polar surface area (TPSA) is 65.6 Å². The number of rotatable bonds is 3. The van der Waals surface area contributed by atoms with Crippen molar-refractivity contribution >= 4 is 22.8 Å². The Balaban J connectivity index is 1.80. The van der Waals surface area contributed by atoms with Gasteiger partial charge in [0.25, 0.3) is 0 Å². The third-order valence-electron chi connectivity index (χ3n) is 4.45. The van der Waals surface area contributed by atoms with Crippen LogP contribution in [0.1, 0.15) is 5.56 Å². The Kier molecular flexibility index (Phi) is 4.53. The number of benzene rings is 1. The first-order valence-electron chi connectivity index (χ1n) is 7.81. The van der Waals surface area contributed by atoms with E-state index in [0.29, 0.717) is 25.2 Å². The van der Waals surface area contributed by atoms with E-state index in [9.17, 15) is 14.0 Å². The maximum Gasteiger partial charge on any atom is 0.329 e. The Bertz CT molecular complexity index is 774. The van der Waals surface area contributed by atoms with Crippen molar-refractivity contribution in [1.82, 2.24) is 14.8 Å². The molecular formula is C17H20FN3O3. The average Bonchev–Trinajstić information content (AvgIpc) is 2.95. The molecule has 1 N–H and O–H groups in total. The molecule has 1 aliphatic heterocycles. The van der Waals surface area contributed by atoms with Crippen LogP contribution in [0.15, 0.2) is 24.4 Å². The largest absolute Gasteiger partial charge is 0.467 e. The molecule has 2 aromatic rings. The molecule has 128 valence electrons. The lowest BCUT2D eigenvalue weighted by Gasteiger charge is -2.38. The van der Waals surface area contributed by atoms with Crippen LogP contribution in [0.25, 0.3) is 10.9 Å². The first-order valence-corrected chi connectivity index (χ1v) is 7.81. The Morgan fingerprint density at radius 3 is 2.92 bits per heavy atom. The minimum atomic E-state index is -0.594. The zero-order chi connectivity index (χ0) is 17.3. The molecule has 0 radical (unpaired) electrons. The number of amides is 1. The van der Waals surface area contributed by atoms with E-state index in [2.05, 4.69) is 4.98 Å². The summed E-state index contributed by atoms with van der Waals surface area (Å²) in [6.07, 6.45) is 1.87. The molecule has 2 heterocycles. The van der Waals surface area contributed by atoms with Crippen molar-refractivity contribution in [2.45, 2.75) is 12.5 Å². The highest BCUT2D eigenvalue weighted by atomic mass is 19.1. The highest BCUT2D eigenvalue weighted by Crippen LogP contribution is 2.21. The number of hydrogen-bond acceptors (Lipinski definition) is 4. The van der Waals surface area contributed by atoms with Gasteiger partial charge in [0.1, 0.15) is 11.9 Å². The van der Waals surface area contributed by atoms with Crippen molar-refractivity contribution < 1.29 is 18.7 Å². The Labute approximate surface area is 139 Å². The van der Waals surface area contributed by atoms with Gasteiger partial charge in [-0.1, -0.05) is 0 Å². The lowest BCUT2D eigenvalue weighted by atomic mass is 10.1. The van der Waals surface area contributed by atoms with E-state index < -0.39 is 12.0 Å². The lowest BCUT2D eigenvalue weighted by Crippen LogP contribution is -2.57. The summed E-state index contributed by atoms with van der Waals surface area (Å²) in [7, 11) is 3.24. The fourth-order valence-corrected chi connectivity index (χ4v) is 3.12. The average molecular weight is 333 g/mol. The number of hydrogen-bond donors (Lipinski definition) is 1. The third-order valence-corrected chi connectivity index (χ3v) is 4.45. The van der Waals surface area contributed by atoms with Gasteiger partial charge in [-0.15, -0.1) is 0 Å². The minimum Gasteiger partial charge on any atom is -0.467 e. The number of aromatic amines is 1. The van der Waals surface area contributed by atoms with Crippen LogP contribution in [0.5, 0.6) is 0 Å². The van der Waals surface area contributed by atoms with E-state index in [4.69, 9.17) is 4.74 Å². The van der Waals surface area contributed by atoms with Crippen LogP contribution < -0.4 is 0 Å². The maximum absolute atomic E-state index is 13.3. The predicted molar refractivity (Wildman–Crippen MR) is 87.0 cm³/mol. The number of nitrogens with one attached hydrogen (secondary N) is 1. The Morgan fingerprint density at radius 2 is 2.17 bits per heavy atom. The quantitative estimate of drug-likeness (QED) is 0.856. The van der Waals surface area contributed by atoms with Crippen LogP contribution in [0.3, 0.4) is 0 Å². The number of piperazine rings is 1. The maximum atomic E-state index is 13.3. The van der Waals surface area contributed by atoms with Crippen LogP contribution in [0.2, 0.25) is 0 Å². The Morgan fingerprint density at radius 1 is 1.38 bits per heavy atom. The Hall–Kier alpha value is -2.41. The van der Waals surface area contributed by atoms with Crippen LogP contribution in [0, 0.1) is 5.82 Å². The molecule has 1 fully saturated rings. The fourth-order valence-electron chi connectivity index (χ4n) is 3.12. The van der Waals surface area contributed by atoms with Gasteiger partial charge in [-0.25, -0.2) is 9.18 Å². The molecule has 1 aliphatic rings. The lowest BCUT2D eigenvalue weighted by molar-refractivity contribution is -0.155. The highest BCUT2D eigenvalue weighted by molar-refractivity contribution is 5.91. The van der Waals surface area contributed by atoms with Gasteiger partial charge in [0.15, 0.2) is 0 Å². The molecule has 0 unspecified atom stereocenters. The van der Waals surface area contributed by atoms with Gasteiger partial charge in [-0.3, -0.25) is 4.79 Å². The second kappa shape index (κ2) is 6.60. The molecule has 0 spiro atoms. The smallest absolute Gasteiger partial charge is 0.329 e. The van der Waals surface area contributed by atoms with Crippen molar-refractivity contribution in [3.05, 3.63) is 35.8 Å². The van der Waals surface area contributed by atoms with Gasteiger partial charge in [0.2, 0.25) is 5.91 Å². The first kappa shape index (κ1) is 16.4. The fraction of sp³-hybridized carbons (Fsp3) is 0.412. The third kappa shape index (κ3) is 3.12. The molecule has 1 atom stereocenters. The van der Waals surface area contributed by atoms with Gasteiger partial charge in [0, 0.05) is 36.7 Å². The summed E-state index contributed by atoms with van der Waals surface area (Å²) in [5, 5.41) is 0.813. The van der Waals surface area contributed by atoms with Gasteiger partial charge < -0.3 is 19.5 Å². The SMILES string of the molecule is COC(=O)[C@@H]1CN(C)CCN1C(=O)Cc1c[nH]c2cc(F)ccc12. The van der Waals surface area contributed by atoms with E-state index in [1.807, 2.05) is 11.9 Å². The van der Waals surface area contributed by atoms with Gasteiger partial charge >= 0.3 is 5.97 Å². The van der Waals surface area contributed by atoms with Crippen LogP contribution in [-0.4, -0.2) is 66.5 Å². The van der Waals surface area contributed by atoms with E-state index in [0.717, 1.165) is 10.9 Å². The zero-order valence-corrected chi connectivity index (χ0v) is 13.7. The number of H-pyrrole nitrogens is 1. The molecule has 1 saturated heterocycles. The molecule has 0 bridgehead atoms. The summed E-state index contributed by atoms with van der Waals surface area (Å²) in [5.41, 5.74) is 1.44. The molecular weight excluding hydrogens is 313 g/mol. The molecule has 3 rings (SSSR count). The number of carbonyl (C=O) groups excluding carboxylic acids is 2. The number of aromatic nitrogens is 1. The molecule has 0 saturated carbocycles. The van der Waals surface area contributed by atoms with Crippen molar-refractivity contribution in [3.63, 3.8) is 0 Å². The molecule has 1 amide bonds. The summed E-state index contributed by atoms with van der Waals surface area (Å²) in [5.74, 6) is -0.869. The number of fused-ring (bicyclic) bond motifs is 1. The van der Waals surface area contributed by atoms with Crippen LogP contribution in [-0.2, 0) is 20.7 Å². The first-order chi connectivity index (χ1) is 11.5. The molecule has 7 heteroatoms. The molecule has 1 aromatic carbocycles. The van der Waals surface area contributed by atoms with Gasteiger partial charge in [-0.05, 0) is 30.8 Å². The zero-order valence-electron chi connectivity index (χ0n) is 13.7. The molecule has 24 heavy (non-hydrogen) atoms. The minimum absolute atomic E-state index is 0.135. The van der Waals surface area contributed by atoms with Gasteiger partial charge in [-0.2, -0.15) is 0 Å². The second-order valence-electron chi connectivity index (χ2n) is 6.07. The summed E-state index contributed by atoms with van der Waals surface area (Å²) in [6.45, 7) is 1.64. The number of ether oxygens (including phenoxy) is 1. The molecule has 1 aromatic heterocycles. The van der Waals surface area contributed by atoms with E-state index in [1.54, 1.807) is 17.2 Å². The molecule has 0 aliphatic carbocycles. The normalized spacial score (nSPS) is 18.8.